The van der Waals surface area contributed by atoms with E-state index < -0.39 is 0 Å². The molecule has 0 amide bonds. The molecule has 0 fully saturated rings. The van der Waals surface area contributed by atoms with Crippen LogP contribution in [0.25, 0.3) is 0 Å². The Labute approximate surface area is 129 Å². The van der Waals surface area contributed by atoms with Crippen molar-refractivity contribution in [3.05, 3.63) is 0 Å². The zero-order chi connectivity index (χ0) is 15.4. The molecule has 0 bridgehead atoms. The highest BCUT2D eigenvalue weighted by Crippen LogP contribution is 2.43. The molecular weight excluding hydrogens is 264 g/mol. The highest BCUT2D eigenvalue weighted by Gasteiger charge is 2.43. The Balaban J connectivity index is 4.95. The number of hydrogen-bond donors (Lipinski definition) is 0. The molecule has 0 aromatic rings. The van der Waals surface area contributed by atoms with Crippen LogP contribution in [0.2, 0.25) is 0 Å². The number of rotatable bonds is 12. The molecule has 0 saturated heterocycles. The molecule has 0 aromatic carbocycles. The first-order valence-corrected chi connectivity index (χ1v) is 9.52. The van der Waals surface area contributed by atoms with Crippen LogP contribution in [-0.2, 0) is 9.22 Å². The van der Waals surface area contributed by atoms with Crippen LogP contribution in [0.3, 0.4) is 0 Å². The lowest BCUT2D eigenvalue weighted by atomic mass is 9.66. The summed E-state index contributed by atoms with van der Waals surface area (Å²) in [5, 5.41) is 0. The van der Waals surface area contributed by atoms with Crippen LogP contribution in [0.4, 0.5) is 0 Å². The van der Waals surface area contributed by atoms with E-state index in [0.29, 0.717) is 16.4 Å². The van der Waals surface area contributed by atoms with Gasteiger partial charge in [0.25, 0.3) is 5.97 Å². The van der Waals surface area contributed by atoms with Crippen molar-refractivity contribution in [2.24, 2.45) is 11.3 Å². The Morgan fingerprint density at radius 3 is 2.00 bits per heavy atom. The van der Waals surface area contributed by atoms with Gasteiger partial charge in [-0.1, -0.05) is 72.6 Å². The second-order valence-corrected chi connectivity index (χ2v) is 6.51. The molecule has 0 rings (SSSR count). The molecule has 0 aliphatic heterocycles. The van der Waals surface area contributed by atoms with Gasteiger partial charge in [0, 0.05) is 0 Å². The van der Waals surface area contributed by atoms with Crippen molar-refractivity contribution in [1.82, 2.24) is 0 Å². The SMILES string of the molecule is CCCCCCC(CC)C(CCC)(CCC)C(=O)O[SiH3]. The van der Waals surface area contributed by atoms with Crippen LogP contribution in [0, 0.1) is 11.3 Å². The van der Waals surface area contributed by atoms with Crippen molar-refractivity contribution in [2.45, 2.75) is 91.9 Å². The normalized spacial score (nSPS) is 13.4. The minimum atomic E-state index is -0.202. The third-order valence-corrected chi connectivity index (χ3v) is 5.04. The Morgan fingerprint density at radius 1 is 1.00 bits per heavy atom. The van der Waals surface area contributed by atoms with Crippen LogP contribution < -0.4 is 0 Å². The summed E-state index contributed by atoms with van der Waals surface area (Å²) in [6.07, 6.45) is 11.6. The molecule has 0 saturated carbocycles. The zero-order valence-electron chi connectivity index (χ0n) is 14.5. The molecule has 1 atom stereocenters. The molecule has 1 unspecified atom stereocenters. The number of carbonyl (C=O) groups is 1. The monoisotopic (exact) mass is 300 g/mol. The van der Waals surface area contributed by atoms with Crippen LogP contribution >= 0.6 is 0 Å². The van der Waals surface area contributed by atoms with Crippen LogP contribution in [0.1, 0.15) is 91.9 Å². The van der Waals surface area contributed by atoms with E-state index in [0.717, 1.165) is 32.1 Å². The molecule has 0 heterocycles. The summed E-state index contributed by atoms with van der Waals surface area (Å²) in [5.41, 5.74) is -0.202. The average molecular weight is 301 g/mol. The van der Waals surface area contributed by atoms with E-state index in [1.807, 2.05) is 0 Å². The minimum absolute atomic E-state index is 0.0928. The fourth-order valence-corrected chi connectivity index (χ4v) is 4.09. The van der Waals surface area contributed by atoms with Crippen molar-refractivity contribution in [3.8, 4) is 0 Å². The Kier molecular flexibility index (Phi) is 11.2. The van der Waals surface area contributed by atoms with E-state index in [1.54, 1.807) is 0 Å². The topological polar surface area (TPSA) is 26.3 Å². The maximum atomic E-state index is 12.5. The summed E-state index contributed by atoms with van der Waals surface area (Å²) in [6.45, 7) is 8.86. The number of hydrogen-bond acceptors (Lipinski definition) is 2. The van der Waals surface area contributed by atoms with Gasteiger partial charge in [-0.25, -0.2) is 0 Å². The molecular formula is C17H36O2Si. The molecule has 0 aliphatic carbocycles. The molecule has 0 aliphatic rings. The number of unbranched alkanes of at least 4 members (excludes halogenated alkanes) is 3. The predicted octanol–water partition coefficient (Wildman–Crippen LogP) is 4.39. The van der Waals surface area contributed by atoms with Crippen molar-refractivity contribution in [3.63, 3.8) is 0 Å². The van der Waals surface area contributed by atoms with Gasteiger partial charge in [0.15, 0.2) is 0 Å². The smallest absolute Gasteiger partial charge is 0.298 e. The molecule has 20 heavy (non-hydrogen) atoms. The fraction of sp³-hybridized carbons (Fsp3) is 0.941. The van der Waals surface area contributed by atoms with Crippen LogP contribution in [0.15, 0.2) is 0 Å². The van der Waals surface area contributed by atoms with Crippen molar-refractivity contribution < 1.29 is 9.22 Å². The number of carbonyl (C=O) groups excluding carboxylic acids is 1. The van der Waals surface area contributed by atoms with Crippen molar-refractivity contribution >= 4 is 16.5 Å². The lowest BCUT2D eigenvalue weighted by molar-refractivity contribution is -0.151. The maximum absolute atomic E-state index is 12.5. The summed E-state index contributed by atoms with van der Waals surface area (Å²) in [5.74, 6) is 0.593. The van der Waals surface area contributed by atoms with Crippen LogP contribution in [0.5, 0.6) is 0 Å². The Morgan fingerprint density at radius 2 is 1.60 bits per heavy atom. The first-order valence-electron chi connectivity index (χ1n) is 8.71. The molecule has 120 valence electrons. The van der Waals surface area contributed by atoms with Crippen LogP contribution in [-0.4, -0.2) is 16.5 Å². The third kappa shape index (κ3) is 5.59. The van der Waals surface area contributed by atoms with E-state index in [2.05, 4.69) is 27.7 Å². The van der Waals surface area contributed by atoms with E-state index in [9.17, 15) is 4.79 Å². The third-order valence-electron chi connectivity index (χ3n) is 4.66. The van der Waals surface area contributed by atoms with Gasteiger partial charge in [-0.15, -0.1) is 0 Å². The Hall–Kier alpha value is -0.313. The van der Waals surface area contributed by atoms with Crippen molar-refractivity contribution in [1.29, 1.82) is 0 Å². The average Bonchev–Trinajstić information content (AvgIpc) is 2.46. The molecule has 0 N–H and O–H groups in total. The standard InChI is InChI=1S/C17H36O2Si/c1-5-9-10-11-12-15(8-4)17(13-6-2,14-7-3)16(18)19-20/h15H,5-14H2,1-4,20H3. The zero-order valence-corrected chi connectivity index (χ0v) is 16.5. The van der Waals surface area contributed by atoms with Gasteiger partial charge >= 0.3 is 0 Å². The highest BCUT2D eigenvalue weighted by atomic mass is 28.2. The van der Waals surface area contributed by atoms with Gasteiger partial charge in [-0.05, 0) is 25.2 Å². The lowest BCUT2D eigenvalue weighted by Gasteiger charge is -2.38. The largest absolute Gasteiger partial charge is 0.528 e. The molecule has 0 radical (unpaired) electrons. The van der Waals surface area contributed by atoms with E-state index in [4.69, 9.17) is 4.43 Å². The van der Waals surface area contributed by atoms with Gasteiger partial charge in [-0.2, -0.15) is 0 Å². The summed E-state index contributed by atoms with van der Waals surface area (Å²) < 4.78 is 5.33. The summed E-state index contributed by atoms with van der Waals surface area (Å²) in [4.78, 5) is 12.5. The fourth-order valence-electron chi connectivity index (χ4n) is 3.69. The van der Waals surface area contributed by atoms with Gasteiger partial charge in [0.2, 0.25) is 10.5 Å². The van der Waals surface area contributed by atoms with Gasteiger partial charge in [0.05, 0.1) is 5.41 Å². The van der Waals surface area contributed by atoms with E-state index in [-0.39, 0.29) is 11.4 Å². The Bertz CT molecular complexity index is 247. The van der Waals surface area contributed by atoms with Crippen molar-refractivity contribution in [2.75, 3.05) is 0 Å². The predicted molar refractivity (Wildman–Crippen MR) is 90.8 cm³/mol. The van der Waals surface area contributed by atoms with Gasteiger partial charge in [0.1, 0.15) is 0 Å². The quantitative estimate of drug-likeness (QED) is 0.394. The second-order valence-electron chi connectivity index (χ2n) is 6.10. The van der Waals surface area contributed by atoms with E-state index >= 15 is 0 Å². The lowest BCUT2D eigenvalue weighted by Crippen LogP contribution is -2.40. The first-order chi connectivity index (χ1) is 9.62. The minimum Gasteiger partial charge on any atom is -0.528 e. The molecule has 3 heteroatoms. The van der Waals surface area contributed by atoms with E-state index in [1.165, 1.54) is 32.1 Å². The summed E-state index contributed by atoms with van der Waals surface area (Å²) in [6, 6.07) is 0. The highest BCUT2D eigenvalue weighted by molar-refractivity contribution is 6.06. The summed E-state index contributed by atoms with van der Waals surface area (Å²) in [7, 11) is 0.523. The first kappa shape index (κ1) is 19.7. The molecule has 0 aromatic heterocycles. The second kappa shape index (κ2) is 11.4. The van der Waals surface area contributed by atoms with Gasteiger partial charge < -0.3 is 4.43 Å². The van der Waals surface area contributed by atoms with Gasteiger partial charge in [-0.3, -0.25) is 4.79 Å². The molecule has 0 spiro atoms. The summed E-state index contributed by atoms with van der Waals surface area (Å²) >= 11 is 0. The maximum Gasteiger partial charge on any atom is 0.298 e. The molecule has 2 nitrogen and oxygen atoms in total.